The molecule has 1 heterocycles. The zero-order chi connectivity index (χ0) is 15.8. The van der Waals surface area contributed by atoms with Crippen LogP contribution in [0.1, 0.15) is 18.4 Å². The first kappa shape index (κ1) is 16.0. The minimum atomic E-state index is -0.810. The maximum absolute atomic E-state index is 11.6. The Kier molecular flexibility index (Phi) is 5.91. The minimum Gasteiger partial charge on any atom is -0.445 e. The largest absolute Gasteiger partial charge is 0.445 e. The van der Waals surface area contributed by atoms with Crippen molar-refractivity contribution in [3.63, 3.8) is 0 Å². The summed E-state index contributed by atoms with van der Waals surface area (Å²) in [7, 11) is 0. The van der Waals surface area contributed by atoms with Crippen molar-refractivity contribution in [2.75, 3.05) is 13.1 Å². The number of rotatable bonds is 5. The molecule has 118 valence electrons. The number of carbonyl (C=O) groups is 3. The summed E-state index contributed by atoms with van der Waals surface area (Å²) in [6, 6.07) is 8.71. The first-order chi connectivity index (χ1) is 10.6. The molecule has 1 aromatic carbocycles. The van der Waals surface area contributed by atoms with Crippen molar-refractivity contribution in [3.8, 4) is 0 Å². The summed E-state index contributed by atoms with van der Waals surface area (Å²) in [6.07, 6.45) is 0.781. The Hall–Kier alpha value is -2.41. The van der Waals surface area contributed by atoms with Gasteiger partial charge in [-0.1, -0.05) is 30.3 Å². The van der Waals surface area contributed by atoms with E-state index >= 15 is 0 Å². The Morgan fingerprint density at radius 3 is 2.68 bits per heavy atom. The molecule has 0 aliphatic carbocycles. The van der Waals surface area contributed by atoms with Crippen LogP contribution in [-0.4, -0.2) is 37.2 Å². The van der Waals surface area contributed by atoms with Crippen molar-refractivity contribution in [1.82, 2.24) is 10.6 Å². The molecule has 1 aromatic rings. The Morgan fingerprint density at radius 1 is 1.23 bits per heavy atom. The van der Waals surface area contributed by atoms with Crippen LogP contribution < -0.4 is 10.6 Å². The number of esters is 2. The van der Waals surface area contributed by atoms with Crippen LogP contribution in [0.3, 0.4) is 0 Å². The zero-order valence-corrected chi connectivity index (χ0v) is 12.0. The smallest absolute Gasteiger partial charge is 0.407 e. The van der Waals surface area contributed by atoms with Crippen molar-refractivity contribution in [1.29, 1.82) is 0 Å². The lowest BCUT2D eigenvalue weighted by Gasteiger charge is -2.09. The second-order valence-electron chi connectivity index (χ2n) is 4.86. The lowest BCUT2D eigenvalue weighted by atomic mass is 10.2. The van der Waals surface area contributed by atoms with Crippen LogP contribution in [0.5, 0.6) is 0 Å². The first-order valence-electron chi connectivity index (χ1n) is 7.07. The Morgan fingerprint density at radius 2 is 2.00 bits per heavy atom. The highest BCUT2D eigenvalue weighted by atomic mass is 16.6. The van der Waals surface area contributed by atoms with Crippen LogP contribution in [0.2, 0.25) is 0 Å². The summed E-state index contributed by atoms with van der Waals surface area (Å²) in [5, 5.41) is 5.17. The molecule has 2 N–H and O–H groups in total. The van der Waals surface area contributed by atoms with Gasteiger partial charge in [-0.2, -0.15) is 0 Å². The van der Waals surface area contributed by atoms with Gasteiger partial charge in [0.2, 0.25) is 0 Å². The number of alkyl carbamates (subject to hydrolysis) is 1. The van der Waals surface area contributed by atoms with Crippen LogP contribution in [0.15, 0.2) is 30.3 Å². The van der Waals surface area contributed by atoms with Crippen LogP contribution in [-0.2, 0) is 25.7 Å². The molecule has 2 rings (SSSR count). The van der Waals surface area contributed by atoms with E-state index in [1.165, 1.54) is 0 Å². The van der Waals surface area contributed by atoms with Gasteiger partial charge < -0.3 is 20.1 Å². The van der Waals surface area contributed by atoms with Crippen LogP contribution in [0.25, 0.3) is 0 Å². The fourth-order valence-corrected chi connectivity index (χ4v) is 2.02. The number of hydrogen-bond acceptors (Lipinski definition) is 6. The maximum atomic E-state index is 11.6. The van der Waals surface area contributed by atoms with Gasteiger partial charge in [0.1, 0.15) is 19.2 Å². The summed E-state index contributed by atoms with van der Waals surface area (Å²) < 4.78 is 9.57. The van der Waals surface area contributed by atoms with E-state index in [4.69, 9.17) is 4.74 Å². The van der Waals surface area contributed by atoms with E-state index in [-0.39, 0.29) is 6.61 Å². The normalized spacial score (nSPS) is 16.8. The van der Waals surface area contributed by atoms with Crippen LogP contribution in [0.4, 0.5) is 4.79 Å². The van der Waals surface area contributed by atoms with Crippen molar-refractivity contribution in [2.45, 2.75) is 25.5 Å². The van der Waals surface area contributed by atoms with Crippen molar-refractivity contribution >= 4 is 18.0 Å². The molecule has 0 bridgehead atoms. The fraction of sp³-hybridized carbons (Fsp3) is 0.400. The molecule has 1 saturated heterocycles. The summed E-state index contributed by atoms with van der Waals surface area (Å²) in [5.74, 6) is -1.42. The molecule has 1 fully saturated rings. The molecule has 1 atom stereocenters. The highest BCUT2D eigenvalue weighted by Crippen LogP contribution is 2.06. The summed E-state index contributed by atoms with van der Waals surface area (Å²) in [4.78, 5) is 34.4. The van der Waals surface area contributed by atoms with E-state index in [1.54, 1.807) is 0 Å². The van der Waals surface area contributed by atoms with Gasteiger partial charge >= 0.3 is 18.0 Å². The Labute approximate surface area is 128 Å². The summed E-state index contributed by atoms with van der Waals surface area (Å²) in [5.41, 5.74) is 0.836. The molecule has 0 radical (unpaired) electrons. The number of benzene rings is 1. The molecule has 7 nitrogen and oxygen atoms in total. The van der Waals surface area contributed by atoms with Gasteiger partial charge in [0, 0.05) is 0 Å². The number of ether oxygens (including phenoxy) is 2. The van der Waals surface area contributed by atoms with Gasteiger partial charge in [-0.3, -0.25) is 0 Å². The topological polar surface area (TPSA) is 93.7 Å². The third-order valence-corrected chi connectivity index (χ3v) is 3.15. The van der Waals surface area contributed by atoms with E-state index in [0.717, 1.165) is 18.5 Å². The van der Waals surface area contributed by atoms with Gasteiger partial charge in [-0.25, -0.2) is 14.4 Å². The molecule has 0 spiro atoms. The third kappa shape index (κ3) is 5.17. The van der Waals surface area contributed by atoms with Gasteiger partial charge in [-0.15, -0.1) is 0 Å². The van der Waals surface area contributed by atoms with Crippen LogP contribution >= 0.6 is 0 Å². The first-order valence-corrected chi connectivity index (χ1v) is 7.07. The minimum absolute atomic E-state index is 0.104. The third-order valence-electron chi connectivity index (χ3n) is 3.15. The highest BCUT2D eigenvalue weighted by molar-refractivity contribution is 5.90. The van der Waals surface area contributed by atoms with Gasteiger partial charge in [0.05, 0.1) is 0 Å². The van der Waals surface area contributed by atoms with E-state index < -0.39 is 30.6 Å². The maximum Gasteiger partial charge on any atom is 0.407 e. The molecule has 1 amide bonds. The summed E-state index contributed by atoms with van der Waals surface area (Å²) >= 11 is 0. The van der Waals surface area contributed by atoms with Gasteiger partial charge in [0.25, 0.3) is 0 Å². The molecule has 1 aliphatic heterocycles. The number of nitrogens with one attached hydrogen (secondary N) is 2. The van der Waals surface area contributed by atoms with Crippen molar-refractivity contribution in [3.05, 3.63) is 35.9 Å². The Balaban J connectivity index is 1.63. The highest BCUT2D eigenvalue weighted by Gasteiger charge is 2.25. The molecule has 0 unspecified atom stereocenters. The van der Waals surface area contributed by atoms with Gasteiger partial charge in [0.15, 0.2) is 0 Å². The molecule has 0 aromatic heterocycles. The predicted molar refractivity (Wildman–Crippen MR) is 76.8 cm³/mol. The SMILES string of the molecule is O=C(CNC(=O)OCc1ccccc1)OC(=O)[C@@H]1CCCN1. The number of amides is 1. The predicted octanol–water partition coefficient (Wildman–Crippen LogP) is 0.735. The standard InChI is InChI=1S/C15H18N2O5/c18-13(22-14(19)12-7-4-8-16-12)9-17-15(20)21-10-11-5-2-1-3-6-11/h1-3,5-6,12,16H,4,7-10H2,(H,17,20)/t12-/m0/s1. The van der Waals surface area contributed by atoms with E-state index in [0.29, 0.717) is 6.42 Å². The number of hydrogen-bond donors (Lipinski definition) is 2. The lowest BCUT2D eigenvalue weighted by molar-refractivity contribution is -0.160. The average molecular weight is 306 g/mol. The molecule has 1 aliphatic rings. The van der Waals surface area contributed by atoms with Crippen molar-refractivity contribution < 1.29 is 23.9 Å². The quantitative estimate of drug-likeness (QED) is 0.615. The molecule has 0 saturated carbocycles. The lowest BCUT2D eigenvalue weighted by Crippen LogP contribution is -2.37. The van der Waals surface area contributed by atoms with E-state index in [9.17, 15) is 14.4 Å². The van der Waals surface area contributed by atoms with Gasteiger partial charge in [-0.05, 0) is 24.9 Å². The number of carbonyl (C=O) groups excluding carboxylic acids is 3. The second kappa shape index (κ2) is 8.14. The Bertz CT molecular complexity index is 526. The van der Waals surface area contributed by atoms with E-state index in [2.05, 4.69) is 15.4 Å². The monoisotopic (exact) mass is 306 g/mol. The molecule has 7 heteroatoms. The van der Waals surface area contributed by atoms with E-state index in [1.807, 2.05) is 30.3 Å². The molecule has 22 heavy (non-hydrogen) atoms. The average Bonchev–Trinajstić information content (AvgIpc) is 3.06. The van der Waals surface area contributed by atoms with Crippen LogP contribution in [0, 0.1) is 0 Å². The molecular formula is C15H18N2O5. The zero-order valence-electron chi connectivity index (χ0n) is 12.0. The molecular weight excluding hydrogens is 288 g/mol. The fourth-order valence-electron chi connectivity index (χ4n) is 2.02. The van der Waals surface area contributed by atoms with Crippen molar-refractivity contribution in [2.24, 2.45) is 0 Å². The summed E-state index contributed by atoms with van der Waals surface area (Å²) in [6.45, 7) is 0.427. The second-order valence-corrected chi connectivity index (χ2v) is 4.86.